The Morgan fingerprint density at radius 2 is 1.80 bits per heavy atom. The van der Waals surface area contributed by atoms with Crippen LogP contribution < -0.4 is 27.8 Å². The van der Waals surface area contributed by atoms with Crippen molar-refractivity contribution in [1.29, 1.82) is 0 Å². The number of aliphatic carboxylic acids is 1. The smallest absolute Gasteiger partial charge is 0.326 e. The highest BCUT2D eigenvalue weighted by molar-refractivity contribution is 5.82. The normalized spacial score (nSPS) is 13.8. The van der Waals surface area contributed by atoms with E-state index in [0.717, 1.165) is 12.8 Å². The van der Waals surface area contributed by atoms with Crippen molar-refractivity contribution in [2.24, 2.45) is 17.2 Å². The molecule has 0 aromatic carbocycles. The van der Waals surface area contributed by atoms with Gasteiger partial charge in [-0.25, -0.2) is 9.59 Å². The third kappa shape index (κ3) is 8.86. The van der Waals surface area contributed by atoms with Crippen LogP contribution in [0.1, 0.15) is 75.7 Å². The lowest BCUT2D eigenvalue weighted by Gasteiger charge is -2.18. The Morgan fingerprint density at radius 3 is 2.37 bits per heavy atom. The Morgan fingerprint density at radius 1 is 1.10 bits per heavy atom. The van der Waals surface area contributed by atoms with Crippen molar-refractivity contribution in [1.82, 2.24) is 20.8 Å². The Bertz CT molecular complexity index is 738. The van der Waals surface area contributed by atoms with Gasteiger partial charge in [0.2, 0.25) is 17.7 Å². The average Bonchev–Trinajstić information content (AvgIpc) is 3.13. The zero-order chi connectivity index (χ0) is 22.7. The van der Waals surface area contributed by atoms with Crippen LogP contribution >= 0.6 is 0 Å². The number of hydrogen-bond acceptors (Lipinski definition) is 8. The fourth-order valence-electron chi connectivity index (χ4n) is 2.61. The average molecular weight is 427 g/mol. The summed E-state index contributed by atoms with van der Waals surface area (Å²) in [6.45, 7) is 1.98. The molecule has 4 amide bonds. The number of amides is 4. The number of nitrogens with two attached hydrogens (primary N) is 3. The number of rotatable bonds is 14. The zero-order valence-electron chi connectivity index (χ0n) is 16.8. The summed E-state index contributed by atoms with van der Waals surface area (Å²) in [4.78, 5) is 49.9. The molecular formula is C17H29N7O6. The minimum absolute atomic E-state index is 0.00180. The van der Waals surface area contributed by atoms with Gasteiger partial charge in [-0.05, 0) is 12.8 Å². The number of carbonyl (C=O) groups is 4. The molecular weight excluding hydrogens is 398 g/mol. The first-order chi connectivity index (χ1) is 14.1. The fourth-order valence-corrected chi connectivity index (χ4v) is 2.61. The van der Waals surface area contributed by atoms with Crippen LogP contribution in [0.3, 0.4) is 0 Å². The van der Waals surface area contributed by atoms with Gasteiger partial charge in [-0.1, -0.05) is 31.3 Å². The number of primary amides is 2. The maximum Gasteiger partial charge on any atom is 0.326 e. The van der Waals surface area contributed by atoms with E-state index in [1.54, 1.807) is 0 Å². The van der Waals surface area contributed by atoms with Gasteiger partial charge in [0, 0.05) is 12.8 Å². The zero-order valence-corrected chi connectivity index (χ0v) is 16.8. The standard InChI is InChI=1S/C17H29N7O6/c1-2-3-4-5-11(16(27)28)22-17(29)21-10(6-7-12(19)25)15-23-14(24-30-15)9(18)8-13(20)26/h9-11H,2-8,18H2,1H3,(H2,19,25)(H2,20,26)(H,27,28)(H2,21,22,29)/t9-,10-,11-/m0/s1. The Labute approximate surface area is 173 Å². The minimum Gasteiger partial charge on any atom is -0.480 e. The van der Waals surface area contributed by atoms with Crippen molar-refractivity contribution in [3.05, 3.63) is 11.7 Å². The second-order valence-electron chi connectivity index (χ2n) is 6.83. The molecule has 0 aliphatic rings. The fraction of sp³-hybridized carbons (Fsp3) is 0.647. The summed E-state index contributed by atoms with van der Waals surface area (Å²) >= 11 is 0. The van der Waals surface area contributed by atoms with Gasteiger partial charge in [0.25, 0.3) is 0 Å². The maximum absolute atomic E-state index is 12.3. The first-order valence-corrected chi connectivity index (χ1v) is 9.59. The van der Waals surface area contributed by atoms with E-state index in [9.17, 15) is 24.3 Å². The highest BCUT2D eigenvalue weighted by Crippen LogP contribution is 2.19. The summed E-state index contributed by atoms with van der Waals surface area (Å²) in [6.07, 6.45) is 2.38. The lowest BCUT2D eigenvalue weighted by Crippen LogP contribution is -2.47. The Hall–Kier alpha value is -3.22. The van der Waals surface area contributed by atoms with Crippen molar-refractivity contribution in [3.63, 3.8) is 0 Å². The third-order valence-electron chi connectivity index (χ3n) is 4.19. The monoisotopic (exact) mass is 427 g/mol. The lowest BCUT2D eigenvalue weighted by molar-refractivity contribution is -0.139. The summed E-state index contributed by atoms with van der Waals surface area (Å²) in [5, 5.41) is 17.8. The molecule has 0 unspecified atom stereocenters. The van der Waals surface area contributed by atoms with Gasteiger partial charge in [-0.2, -0.15) is 4.98 Å². The van der Waals surface area contributed by atoms with Gasteiger partial charge in [0.1, 0.15) is 12.1 Å². The van der Waals surface area contributed by atoms with Crippen LogP contribution in [-0.2, 0) is 14.4 Å². The summed E-state index contributed by atoms with van der Waals surface area (Å²) in [7, 11) is 0. The molecule has 9 N–H and O–H groups in total. The van der Waals surface area contributed by atoms with Crippen molar-refractivity contribution in [2.45, 2.75) is 70.0 Å². The van der Waals surface area contributed by atoms with E-state index in [2.05, 4.69) is 20.8 Å². The SMILES string of the molecule is CCCCC[C@H](NC(=O)N[C@@H](CCC(N)=O)c1nc([C@@H](N)CC(N)=O)no1)C(=O)O. The molecule has 1 aromatic rings. The highest BCUT2D eigenvalue weighted by Gasteiger charge is 2.26. The molecule has 1 heterocycles. The van der Waals surface area contributed by atoms with Crippen LogP contribution in [0.15, 0.2) is 4.52 Å². The van der Waals surface area contributed by atoms with E-state index in [4.69, 9.17) is 21.7 Å². The molecule has 0 bridgehead atoms. The molecule has 13 heteroatoms. The van der Waals surface area contributed by atoms with Crippen LogP contribution in [0.4, 0.5) is 4.79 Å². The molecule has 0 aliphatic carbocycles. The van der Waals surface area contributed by atoms with E-state index in [1.807, 2.05) is 6.92 Å². The first kappa shape index (κ1) is 24.8. The highest BCUT2D eigenvalue weighted by atomic mass is 16.5. The van der Waals surface area contributed by atoms with Gasteiger partial charge in [-0.15, -0.1) is 0 Å². The van der Waals surface area contributed by atoms with Crippen LogP contribution in [0.2, 0.25) is 0 Å². The molecule has 0 radical (unpaired) electrons. The number of unbranched alkanes of at least 4 members (excludes halogenated alkanes) is 2. The van der Waals surface area contributed by atoms with Crippen molar-refractivity contribution in [3.8, 4) is 0 Å². The van der Waals surface area contributed by atoms with Gasteiger partial charge in [0.15, 0.2) is 5.82 Å². The Balaban J connectivity index is 2.86. The quantitative estimate of drug-likeness (QED) is 0.211. The van der Waals surface area contributed by atoms with Crippen molar-refractivity contribution in [2.75, 3.05) is 0 Å². The molecule has 0 fully saturated rings. The molecule has 13 nitrogen and oxygen atoms in total. The predicted octanol–water partition coefficient (Wildman–Crippen LogP) is -0.416. The summed E-state index contributed by atoms with van der Waals surface area (Å²) in [5.41, 5.74) is 16.0. The van der Waals surface area contributed by atoms with Crippen molar-refractivity contribution < 1.29 is 28.8 Å². The van der Waals surface area contributed by atoms with Crippen LogP contribution in [0, 0.1) is 0 Å². The summed E-state index contributed by atoms with van der Waals surface area (Å²) in [6, 6.07) is -3.68. The number of nitrogens with zero attached hydrogens (tertiary/aromatic N) is 2. The molecule has 0 saturated carbocycles. The number of nitrogens with one attached hydrogen (secondary N) is 2. The maximum atomic E-state index is 12.3. The van der Waals surface area contributed by atoms with E-state index in [1.165, 1.54) is 0 Å². The summed E-state index contributed by atoms with van der Waals surface area (Å²) in [5.74, 6) is -2.50. The largest absolute Gasteiger partial charge is 0.480 e. The number of hydrogen-bond donors (Lipinski definition) is 6. The van der Waals surface area contributed by atoms with Gasteiger partial charge in [0.05, 0.1) is 6.04 Å². The van der Waals surface area contributed by atoms with Gasteiger partial charge in [-0.3, -0.25) is 9.59 Å². The summed E-state index contributed by atoms with van der Waals surface area (Å²) < 4.78 is 5.09. The molecule has 0 spiro atoms. The van der Waals surface area contributed by atoms with E-state index >= 15 is 0 Å². The molecule has 168 valence electrons. The van der Waals surface area contributed by atoms with Crippen LogP contribution in [0.25, 0.3) is 0 Å². The van der Waals surface area contributed by atoms with E-state index < -0.39 is 41.9 Å². The van der Waals surface area contributed by atoms with Gasteiger partial charge >= 0.3 is 12.0 Å². The number of urea groups is 1. The molecule has 1 rings (SSSR count). The molecule has 0 saturated heterocycles. The van der Waals surface area contributed by atoms with E-state index in [0.29, 0.717) is 6.42 Å². The molecule has 30 heavy (non-hydrogen) atoms. The minimum atomic E-state index is -1.16. The number of carbonyl (C=O) groups excluding carboxylic acids is 3. The number of aromatic nitrogens is 2. The first-order valence-electron chi connectivity index (χ1n) is 9.59. The second-order valence-corrected chi connectivity index (χ2v) is 6.83. The third-order valence-corrected chi connectivity index (χ3v) is 4.19. The van der Waals surface area contributed by atoms with Crippen molar-refractivity contribution >= 4 is 23.8 Å². The lowest BCUT2D eigenvalue weighted by atomic mass is 10.1. The Kier molecular flexibility index (Phi) is 10.2. The number of carboxylic acid groups (broad SMARTS) is 1. The number of carboxylic acids is 1. The van der Waals surface area contributed by atoms with Crippen LogP contribution in [0.5, 0.6) is 0 Å². The van der Waals surface area contributed by atoms with E-state index in [-0.39, 0.29) is 37.4 Å². The molecule has 3 atom stereocenters. The molecule has 0 aliphatic heterocycles. The molecule has 1 aromatic heterocycles. The predicted molar refractivity (Wildman–Crippen MR) is 103 cm³/mol. The second kappa shape index (κ2) is 12.4. The van der Waals surface area contributed by atoms with Crippen LogP contribution in [-0.4, -0.2) is 45.1 Å². The van der Waals surface area contributed by atoms with Gasteiger partial charge < -0.3 is 37.5 Å². The topological polar surface area (TPSA) is 230 Å².